The fourth-order valence-corrected chi connectivity index (χ4v) is 4.72. The summed E-state index contributed by atoms with van der Waals surface area (Å²) in [4.78, 5) is 43.4. The molecule has 8 heteroatoms. The van der Waals surface area contributed by atoms with E-state index in [-0.39, 0.29) is 24.2 Å². The van der Waals surface area contributed by atoms with Gasteiger partial charge in [-0.1, -0.05) is 35.9 Å². The van der Waals surface area contributed by atoms with E-state index in [0.717, 1.165) is 0 Å². The van der Waals surface area contributed by atoms with Gasteiger partial charge in [0.05, 0.1) is 11.3 Å². The maximum absolute atomic E-state index is 14.0. The smallest absolute Gasteiger partial charge is 0.296 e. The number of benzene rings is 2. The summed E-state index contributed by atoms with van der Waals surface area (Å²) in [6.45, 7) is 4.35. The highest BCUT2D eigenvalue weighted by atomic mass is 35.5. The van der Waals surface area contributed by atoms with Crippen LogP contribution < -0.4 is 4.90 Å². The molecule has 7 nitrogen and oxygen atoms in total. The van der Waals surface area contributed by atoms with Crippen molar-refractivity contribution in [1.82, 2.24) is 4.90 Å². The van der Waals surface area contributed by atoms with Crippen LogP contribution in [0.3, 0.4) is 0 Å². The Morgan fingerprint density at radius 3 is 2.52 bits per heavy atom. The van der Waals surface area contributed by atoms with Crippen molar-refractivity contribution in [1.29, 1.82) is 0 Å². The lowest BCUT2D eigenvalue weighted by Crippen LogP contribution is -2.52. The SMILES string of the molecule is C=CCN1C(=O)C2(/C(=C(/O)c3ccc(Cl)cc3)C(=O)C(=O)N2CCCOC)c2ccccc21. The van der Waals surface area contributed by atoms with E-state index in [0.29, 0.717) is 29.3 Å². The number of nitrogens with zero attached hydrogens (tertiary/aromatic N) is 2. The average Bonchev–Trinajstić information content (AvgIpc) is 3.19. The van der Waals surface area contributed by atoms with E-state index in [4.69, 9.17) is 16.3 Å². The Kier molecular flexibility index (Phi) is 6.10. The number of ether oxygens (including phenoxy) is 1. The Bertz CT molecular complexity index is 1170. The van der Waals surface area contributed by atoms with Crippen LogP contribution in [0.25, 0.3) is 5.76 Å². The Hall–Kier alpha value is -3.42. The van der Waals surface area contributed by atoms with E-state index in [1.165, 1.54) is 29.0 Å². The Morgan fingerprint density at radius 2 is 1.85 bits per heavy atom. The average molecular weight is 467 g/mol. The minimum Gasteiger partial charge on any atom is -0.507 e. The number of para-hydroxylation sites is 1. The van der Waals surface area contributed by atoms with Gasteiger partial charge in [0.1, 0.15) is 5.76 Å². The van der Waals surface area contributed by atoms with Crippen molar-refractivity contribution in [2.24, 2.45) is 0 Å². The molecule has 1 saturated heterocycles. The number of anilines is 1. The minimum absolute atomic E-state index is 0.0951. The van der Waals surface area contributed by atoms with Crippen molar-refractivity contribution >= 4 is 40.6 Å². The lowest BCUT2D eigenvalue weighted by atomic mass is 9.82. The summed E-state index contributed by atoms with van der Waals surface area (Å²) >= 11 is 5.98. The summed E-state index contributed by atoms with van der Waals surface area (Å²) in [5.41, 5.74) is -0.741. The second-order valence-electron chi connectivity index (χ2n) is 7.79. The van der Waals surface area contributed by atoms with Crippen molar-refractivity contribution in [3.63, 3.8) is 0 Å². The van der Waals surface area contributed by atoms with Gasteiger partial charge in [0.25, 0.3) is 17.6 Å². The van der Waals surface area contributed by atoms with Crippen molar-refractivity contribution in [3.05, 3.63) is 82.9 Å². The van der Waals surface area contributed by atoms with Crippen LogP contribution >= 0.6 is 11.6 Å². The van der Waals surface area contributed by atoms with Crippen molar-refractivity contribution in [2.45, 2.75) is 12.0 Å². The largest absolute Gasteiger partial charge is 0.507 e. The first-order chi connectivity index (χ1) is 15.9. The zero-order valence-corrected chi connectivity index (χ0v) is 18.8. The summed E-state index contributed by atoms with van der Waals surface area (Å²) in [6, 6.07) is 13.2. The summed E-state index contributed by atoms with van der Waals surface area (Å²) in [7, 11) is 1.53. The normalized spacial score (nSPS) is 21.2. The van der Waals surface area contributed by atoms with E-state index in [2.05, 4.69) is 6.58 Å². The van der Waals surface area contributed by atoms with Gasteiger partial charge < -0.3 is 19.6 Å². The van der Waals surface area contributed by atoms with E-state index >= 15 is 0 Å². The summed E-state index contributed by atoms with van der Waals surface area (Å²) in [6.07, 6.45) is 1.98. The number of rotatable bonds is 7. The Labute approximate surface area is 196 Å². The third-order valence-corrected chi connectivity index (χ3v) is 6.22. The lowest BCUT2D eigenvalue weighted by molar-refractivity contribution is -0.143. The van der Waals surface area contributed by atoms with Crippen LogP contribution in [0.15, 0.2) is 66.8 Å². The molecule has 170 valence electrons. The highest BCUT2D eigenvalue weighted by Gasteiger charge is 2.66. The molecule has 0 aliphatic carbocycles. The van der Waals surface area contributed by atoms with Crippen LogP contribution in [-0.2, 0) is 24.7 Å². The van der Waals surface area contributed by atoms with E-state index in [9.17, 15) is 19.5 Å². The van der Waals surface area contributed by atoms with E-state index in [1.807, 2.05) is 0 Å². The zero-order valence-electron chi connectivity index (χ0n) is 18.1. The summed E-state index contributed by atoms with van der Waals surface area (Å²) in [5.74, 6) is -2.67. The molecule has 1 N–H and O–H groups in total. The van der Waals surface area contributed by atoms with Crippen molar-refractivity contribution in [2.75, 3.05) is 31.7 Å². The maximum Gasteiger partial charge on any atom is 0.296 e. The molecule has 1 fully saturated rings. The predicted octanol–water partition coefficient (Wildman–Crippen LogP) is 3.49. The van der Waals surface area contributed by atoms with Gasteiger partial charge in [-0.2, -0.15) is 0 Å². The van der Waals surface area contributed by atoms with Crippen LogP contribution in [0.4, 0.5) is 5.69 Å². The number of hydrogen-bond donors (Lipinski definition) is 1. The summed E-state index contributed by atoms with van der Waals surface area (Å²) in [5, 5.41) is 11.7. The first kappa shape index (κ1) is 22.8. The highest BCUT2D eigenvalue weighted by Crippen LogP contribution is 2.53. The number of aliphatic hydroxyl groups is 1. The van der Waals surface area contributed by atoms with Crippen LogP contribution in [0, 0.1) is 0 Å². The second-order valence-corrected chi connectivity index (χ2v) is 8.23. The standard InChI is InChI=1S/C25H23ClN2O5/c1-3-13-27-19-8-5-4-7-18(19)25(24(27)32)20(21(29)16-9-11-17(26)12-10-16)22(30)23(31)28(25)14-6-15-33-2/h3-5,7-12,29H,1,6,13-15H2,2H3/b21-20+. The fraction of sp³-hybridized carbons (Fsp3) is 0.240. The highest BCUT2D eigenvalue weighted by molar-refractivity contribution is 6.50. The third-order valence-electron chi connectivity index (χ3n) is 5.97. The quantitative estimate of drug-likeness (QED) is 0.222. The number of ketones is 1. The van der Waals surface area contributed by atoms with Gasteiger partial charge in [-0.05, 0) is 36.8 Å². The second kappa shape index (κ2) is 8.84. The molecule has 0 aromatic heterocycles. The van der Waals surface area contributed by atoms with E-state index < -0.39 is 28.9 Å². The van der Waals surface area contributed by atoms with Crippen LogP contribution in [0.1, 0.15) is 17.5 Å². The third kappa shape index (κ3) is 3.35. The molecule has 0 bridgehead atoms. The molecule has 2 aliphatic rings. The molecular weight excluding hydrogens is 444 g/mol. The summed E-state index contributed by atoms with van der Waals surface area (Å²) < 4.78 is 5.12. The molecule has 2 aromatic rings. The van der Waals surface area contributed by atoms with Gasteiger partial charge >= 0.3 is 0 Å². The van der Waals surface area contributed by atoms with Crippen molar-refractivity contribution < 1.29 is 24.2 Å². The number of aliphatic hydroxyl groups excluding tert-OH is 1. The number of carbonyl (C=O) groups excluding carboxylic acids is 3. The van der Waals surface area contributed by atoms with Crippen LogP contribution in [-0.4, -0.2) is 54.4 Å². The first-order valence-electron chi connectivity index (χ1n) is 10.5. The number of carbonyl (C=O) groups is 3. The molecule has 1 unspecified atom stereocenters. The molecule has 1 spiro atoms. The number of methoxy groups -OCH3 is 1. The molecule has 2 aromatic carbocycles. The van der Waals surface area contributed by atoms with Gasteiger partial charge in [-0.15, -0.1) is 6.58 Å². The molecule has 0 radical (unpaired) electrons. The van der Waals surface area contributed by atoms with Crippen LogP contribution in [0.2, 0.25) is 5.02 Å². The molecule has 2 aliphatic heterocycles. The first-order valence-corrected chi connectivity index (χ1v) is 10.8. The number of likely N-dealkylation sites (tertiary alicyclic amines) is 1. The Morgan fingerprint density at radius 1 is 1.15 bits per heavy atom. The van der Waals surface area contributed by atoms with Gasteiger partial charge in [0, 0.05) is 43.0 Å². The van der Waals surface area contributed by atoms with E-state index in [1.54, 1.807) is 42.5 Å². The lowest BCUT2D eigenvalue weighted by Gasteiger charge is -2.34. The topological polar surface area (TPSA) is 87.2 Å². The number of hydrogen-bond acceptors (Lipinski definition) is 5. The van der Waals surface area contributed by atoms with Crippen LogP contribution in [0.5, 0.6) is 0 Å². The molecule has 1 atom stereocenters. The molecule has 4 rings (SSSR count). The molecule has 0 saturated carbocycles. The van der Waals surface area contributed by atoms with Gasteiger partial charge in [-0.3, -0.25) is 14.4 Å². The molecule has 2 amide bonds. The monoisotopic (exact) mass is 466 g/mol. The van der Waals surface area contributed by atoms with Gasteiger partial charge in [0.15, 0.2) is 5.54 Å². The van der Waals surface area contributed by atoms with Gasteiger partial charge in [0.2, 0.25) is 0 Å². The number of halogens is 1. The van der Waals surface area contributed by atoms with Crippen molar-refractivity contribution in [3.8, 4) is 0 Å². The number of Topliss-reactive ketones (excluding diaryl/α,β-unsaturated/α-hetero) is 1. The fourth-order valence-electron chi connectivity index (χ4n) is 4.60. The predicted molar refractivity (Wildman–Crippen MR) is 125 cm³/mol. The minimum atomic E-state index is -1.79. The zero-order chi connectivity index (χ0) is 23.8. The van der Waals surface area contributed by atoms with Gasteiger partial charge in [-0.25, -0.2) is 0 Å². The molecular formula is C25H23ClN2O5. The molecule has 2 heterocycles. The number of fused-ring (bicyclic) bond motifs is 2. The maximum atomic E-state index is 14.0. The Balaban J connectivity index is 2.02. The number of amides is 2. The molecule has 33 heavy (non-hydrogen) atoms.